The normalized spacial score (nSPS) is 26.8. The molecule has 0 saturated carbocycles. The van der Waals surface area contributed by atoms with Crippen LogP contribution in [0.4, 0.5) is 0 Å². The van der Waals surface area contributed by atoms with Crippen molar-refractivity contribution in [2.75, 3.05) is 7.05 Å². The van der Waals surface area contributed by atoms with Crippen molar-refractivity contribution in [2.24, 2.45) is 5.92 Å². The highest BCUT2D eigenvalue weighted by atomic mass is 16.5. The summed E-state index contributed by atoms with van der Waals surface area (Å²) in [6, 6.07) is 10.1. The molecule has 2 aromatic carbocycles. The molecule has 0 radical (unpaired) electrons. The summed E-state index contributed by atoms with van der Waals surface area (Å²) < 4.78 is 5.56. The number of benzene rings is 2. The predicted molar refractivity (Wildman–Crippen MR) is 185 cm³/mol. The van der Waals surface area contributed by atoms with Crippen molar-refractivity contribution >= 4 is 35.5 Å². The minimum Gasteiger partial charge on any atom is -0.508 e. The van der Waals surface area contributed by atoms with Gasteiger partial charge in [-0.15, -0.1) is 0 Å². The van der Waals surface area contributed by atoms with Crippen molar-refractivity contribution in [3.63, 3.8) is 0 Å². The summed E-state index contributed by atoms with van der Waals surface area (Å²) >= 11 is 0. The standard InChI is InChI=1S/C37H47N5O9/c1-6-26-33(46)39-27-16-17-31(45)42(35(27)48)29(20-23-10-8-7-9-11-23)36(49)41(5)28(19-24-12-14-25(43)15-13-24)34(47)40-32(21(2)3)37(50)51-22(4)18-30(44)38-26/h6-15,21-22,27-29,31-32,43,45H,16-20H2,1-5H3,(H,38,44)(H,39,46)(H,40,47)/b26-6-/t22-,27+,28+,29+,31-,32+/m1/s1. The molecule has 0 aromatic heterocycles. The number of phenolic OH excluding ortho intramolecular Hbond substituents is 1. The van der Waals surface area contributed by atoms with Crippen molar-refractivity contribution in [3.8, 4) is 5.75 Å². The molecule has 2 bridgehead atoms. The summed E-state index contributed by atoms with van der Waals surface area (Å²) in [5.41, 5.74) is 1.12. The Balaban J connectivity index is 1.82. The summed E-state index contributed by atoms with van der Waals surface area (Å²) in [4.78, 5) is 84.8. The number of aliphatic hydroxyl groups is 1. The zero-order valence-electron chi connectivity index (χ0n) is 29.5. The van der Waals surface area contributed by atoms with Crippen LogP contribution in [0.15, 0.2) is 66.4 Å². The van der Waals surface area contributed by atoms with Gasteiger partial charge in [-0.25, -0.2) is 4.79 Å². The number of rotatable bonds is 5. The van der Waals surface area contributed by atoms with Crippen molar-refractivity contribution in [3.05, 3.63) is 77.5 Å². The molecule has 2 aromatic rings. The number of phenols is 1. The lowest BCUT2D eigenvalue weighted by molar-refractivity contribution is -0.165. The van der Waals surface area contributed by atoms with Crippen molar-refractivity contribution in [1.82, 2.24) is 25.8 Å². The molecule has 274 valence electrons. The molecule has 14 nitrogen and oxygen atoms in total. The van der Waals surface area contributed by atoms with Gasteiger partial charge in [0.1, 0.15) is 47.9 Å². The van der Waals surface area contributed by atoms with E-state index in [1.807, 2.05) is 0 Å². The number of aromatic hydroxyl groups is 1. The van der Waals surface area contributed by atoms with Crippen molar-refractivity contribution < 1.29 is 43.7 Å². The highest BCUT2D eigenvalue weighted by Crippen LogP contribution is 2.25. The lowest BCUT2D eigenvalue weighted by Gasteiger charge is -2.43. The number of aliphatic hydroxyl groups excluding tert-OH is 1. The smallest absolute Gasteiger partial charge is 0.329 e. The van der Waals surface area contributed by atoms with E-state index in [-0.39, 0.29) is 43.6 Å². The number of carbonyl (C=O) groups excluding carboxylic acids is 6. The molecular formula is C37H47N5O9. The number of nitrogens with zero attached hydrogens (tertiary/aromatic N) is 2. The van der Waals surface area contributed by atoms with E-state index in [2.05, 4.69) is 16.0 Å². The van der Waals surface area contributed by atoms with E-state index in [1.165, 1.54) is 44.0 Å². The molecule has 2 fully saturated rings. The van der Waals surface area contributed by atoms with Crippen LogP contribution in [0.2, 0.25) is 0 Å². The second-order valence-corrected chi connectivity index (χ2v) is 13.3. The first-order valence-electron chi connectivity index (χ1n) is 17.1. The zero-order chi connectivity index (χ0) is 37.4. The van der Waals surface area contributed by atoms with Gasteiger partial charge < -0.3 is 40.7 Å². The first-order valence-corrected chi connectivity index (χ1v) is 17.1. The van der Waals surface area contributed by atoms with Gasteiger partial charge in [0.15, 0.2) is 0 Å². The third kappa shape index (κ3) is 9.72. The molecule has 2 aliphatic rings. The number of esters is 1. The number of nitrogens with one attached hydrogen (secondary N) is 3. The van der Waals surface area contributed by atoms with Crippen LogP contribution in [0.1, 0.15) is 58.1 Å². The number of hydrogen-bond donors (Lipinski definition) is 5. The van der Waals surface area contributed by atoms with Gasteiger partial charge in [-0.2, -0.15) is 0 Å². The van der Waals surface area contributed by atoms with Crippen LogP contribution in [-0.4, -0.2) is 99.1 Å². The molecule has 5 amide bonds. The largest absolute Gasteiger partial charge is 0.508 e. The van der Waals surface area contributed by atoms with Gasteiger partial charge in [-0.3, -0.25) is 24.0 Å². The van der Waals surface area contributed by atoms with Gasteiger partial charge in [0, 0.05) is 19.9 Å². The predicted octanol–water partition coefficient (Wildman–Crippen LogP) is 1.29. The Morgan fingerprint density at radius 3 is 2.14 bits per heavy atom. The first-order chi connectivity index (χ1) is 24.2. The molecule has 51 heavy (non-hydrogen) atoms. The number of amides is 5. The van der Waals surface area contributed by atoms with Crippen LogP contribution in [0.3, 0.4) is 0 Å². The number of carbonyl (C=O) groups is 6. The van der Waals surface area contributed by atoms with Crippen LogP contribution in [0.25, 0.3) is 0 Å². The van der Waals surface area contributed by atoms with Gasteiger partial charge in [0.2, 0.25) is 23.6 Å². The Kier molecular flexibility index (Phi) is 12.9. The van der Waals surface area contributed by atoms with E-state index in [9.17, 15) is 39.0 Å². The molecule has 0 spiro atoms. The van der Waals surface area contributed by atoms with Gasteiger partial charge in [0.25, 0.3) is 5.91 Å². The minimum absolute atomic E-state index is 0.00211. The molecule has 14 heteroatoms. The van der Waals surface area contributed by atoms with Crippen LogP contribution in [0, 0.1) is 5.92 Å². The van der Waals surface area contributed by atoms with E-state index in [1.54, 1.807) is 56.3 Å². The van der Waals surface area contributed by atoms with Crippen LogP contribution >= 0.6 is 0 Å². The third-order valence-electron chi connectivity index (χ3n) is 9.08. The minimum atomic E-state index is -1.39. The van der Waals surface area contributed by atoms with E-state index < -0.39 is 77.9 Å². The molecule has 0 aliphatic carbocycles. The van der Waals surface area contributed by atoms with Gasteiger partial charge in [0.05, 0.1) is 6.42 Å². The number of cyclic esters (lactones) is 1. The summed E-state index contributed by atoms with van der Waals surface area (Å²) in [6.07, 6.45) is -1.25. The van der Waals surface area contributed by atoms with E-state index >= 15 is 0 Å². The Labute approximate surface area is 297 Å². The molecule has 6 atom stereocenters. The maximum absolute atomic E-state index is 14.7. The number of ether oxygens (including phenoxy) is 1. The number of hydrogen-bond acceptors (Lipinski definition) is 9. The fourth-order valence-corrected chi connectivity index (χ4v) is 6.21. The van der Waals surface area contributed by atoms with Crippen LogP contribution in [0.5, 0.6) is 5.75 Å². The van der Waals surface area contributed by atoms with Gasteiger partial charge in [-0.1, -0.05) is 62.4 Å². The summed E-state index contributed by atoms with van der Waals surface area (Å²) in [7, 11) is 1.41. The summed E-state index contributed by atoms with van der Waals surface area (Å²) in [5, 5.41) is 29.0. The Bertz CT molecular complexity index is 1630. The SMILES string of the molecule is C/C=C1\NC(=O)C[C@@H](C)OC(=O)[C@H](C(C)C)NC(=O)[C@H](Cc2ccc(O)cc2)N(C)C(=O)[C@H](Cc2ccccc2)N2C(=O)[C@H](CC[C@H]2O)NC1=O. The third-order valence-corrected chi connectivity index (χ3v) is 9.08. The van der Waals surface area contributed by atoms with Gasteiger partial charge in [-0.05, 0) is 55.9 Å². The Morgan fingerprint density at radius 2 is 1.51 bits per heavy atom. The number of piperidine rings is 1. The van der Waals surface area contributed by atoms with Crippen LogP contribution in [-0.2, 0) is 46.3 Å². The molecular weight excluding hydrogens is 658 g/mol. The first kappa shape index (κ1) is 38.6. The van der Waals surface area contributed by atoms with Crippen molar-refractivity contribution in [2.45, 2.75) is 96.3 Å². The molecule has 2 heterocycles. The van der Waals surface area contributed by atoms with Gasteiger partial charge >= 0.3 is 5.97 Å². The maximum Gasteiger partial charge on any atom is 0.329 e. The summed E-state index contributed by atoms with van der Waals surface area (Å²) in [5.74, 6) is -4.72. The topological polar surface area (TPSA) is 195 Å². The molecule has 2 aliphatic heterocycles. The average molecular weight is 706 g/mol. The van der Waals surface area contributed by atoms with Crippen molar-refractivity contribution in [1.29, 1.82) is 0 Å². The highest BCUT2D eigenvalue weighted by molar-refractivity contribution is 6.01. The highest BCUT2D eigenvalue weighted by Gasteiger charge is 2.45. The Hall–Kier alpha value is -5.24. The number of fused-ring (bicyclic) bond motifs is 2. The monoisotopic (exact) mass is 705 g/mol. The maximum atomic E-state index is 14.7. The number of likely N-dealkylation sites (N-methyl/N-ethyl adjacent to an activating group) is 1. The fourth-order valence-electron chi connectivity index (χ4n) is 6.21. The molecule has 2 saturated heterocycles. The summed E-state index contributed by atoms with van der Waals surface area (Å²) in [6.45, 7) is 6.44. The van der Waals surface area contributed by atoms with Crippen LogP contribution < -0.4 is 16.0 Å². The zero-order valence-corrected chi connectivity index (χ0v) is 29.5. The second-order valence-electron chi connectivity index (χ2n) is 13.3. The quantitative estimate of drug-likeness (QED) is 0.225. The molecule has 5 N–H and O–H groups in total. The molecule has 0 unspecified atom stereocenters. The Morgan fingerprint density at radius 1 is 0.882 bits per heavy atom. The fraction of sp³-hybridized carbons (Fsp3) is 0.459. The lowest BCUT2D eigenvalue weighted by Crippen LogP contribution is -2.64. The lowest BCUT2D eigenvalue weighted by atomic mass is 9.95. The second kappa shape index (κ2) is 17.1. The van der Waals surface area contributed by atoms with E-state index in [0.29, 0.717) is 11.1 Å². The number of allylic oxidation sites excluding steroid dienone is 1. The van der Waals surface area contributed by atoms with E-state index in [0.717, 1.165) is 4.90 Å². The molecule has 4 rings (SSSR count). The average Bonchev–Trinajstić information content (AvgIpc) is 3.09. The van der Waals surface area contributed by atoms with E-state index in [4.69, 9.17) is 4.74 Å².